The number of nitrogens with zero attached hydrogens (tertiary/aromatic N) is 1. The van der Waals surface area contributed by atoms with Gasteiger partial charge in [-0.15, -0.1) is 0 Å². The van der Waals surface area contributed by atoms with E-state index < -0.39 is 22.5 Å². The van der Waals surface area contributed by atoms with Crippen molar-refractivity contribution in [2.75, 3.05) is 24.8 Å². The van der Waals surface area contributed by atoms with Gasteiger partial charge in [0, 0.05) is 30.6 Å². The van der Waals surface area contributed by atoms with Gasteiger partial charge in [0.15, 0.2) is 0 Å². The highest BCUT2D eigenvalue weighted by molar-refractivity contribution is 9.10. The Morgan fingerprint density at radius 2 is 2.00 bits per heavy atom. The van der Waals surface area contributed by atoms with Gasteiger partial charge in [0.1, 0.15) is 17.4 Å². The first-order valence-corrected chi connectivity index (χ1v) is 8.64. The number of methoxy groups -OCH3 is 1. The molecule has 27 heavy (non-hydrogen) atoms. The highest BCUT2D eigenvalue weighted by Crippen LogP contribution is 2.26. The van der Waals surface area contributed by atoms with E-state index in [9.17, 15) is 13.6 Å². The predicted molar refractivity (Wildman–Crippen MR) is 106 cm³/mol. The third-order valence-corrected chi connectivity index (χ3v) is 4.26. The van der Waals surface area contributed by atoms with Gasteiger partial charge in [-0.25, -0.2) is 13.6 Å². The first-order chi connectivity index (χ1) is 12.9. The lowest BCUT2D eigenvalue weighted by atomic mass is 10.1. The molecule has 2 amide bonds. The number of hydrogen-bond acceptors (Lipinski definition) is 4. The average Bonchev–Trinajstić information content (AvgIpc) is 2.64. The Hall–Kier alpha value is -2.81. The molecule has 6 nitrogen and oxygen atoms in total. The van der Waals surface area contributed by atoms with Crippen LogP contribution in [0.4, 0.5) is 25.0 Å². The van der Waals surface area contributed by atoms with Crippen LogP contribution < -0.4 is 15.4 Å². The number of hydrogen-bond donors (Lipinski definition) is 3. The van der Waals surface area contributed by atoms with Crippen molar-refractivity contribution in [3.63, 3.8) is 0 Å². The highest BCUT2D eigenvalue weighted by atomic mass is 79.9. The Morgan fingerprint density at radius 3 is 2.59 bits per heavy atom. The molecule has 1 unspecified atom stereocenters. The first-order valence-electron chi connectivity index (χ1n) is 7.72. The molecule has 9 heteroatoms. The van der Waals surface area contributed by atoms with Gasteiger partial charge in [-0.1, -0.05) is 15.9 Å². The summed E-state index contributed by atoms with van der Waals surface area (Å²) in [5.74, 6) is -1.10. The van der Waals surface area contributed by atoms with E-state index >= 15 is 0 Å². The maximum atomic E-state index is 13.7. The highest BCUT2D eigenvalue weighted by Gasteiger charge is 2.17. The summed E-state index contributed by atoms with van der Waals surface area (Å²) in [6, 6.07) is 7.02. The zero-order chi connectivity index (χ0) is 20.0. The molecule has 0 aliphatic heterocycles. The molecule has 0 saturated carbocycles. The molecule has 2 aromatic rings. The van der Waals surface area contributed by atoms with Gasteiger partial charge in [0.2, 0.25) is 0 Å². The van der Waals surface area contributed by atoms with Gasteiger partial charge in [-0.2, -0.15) is 0 Å². The van der Waals surface area contributed by atoms with Crippen LogP contribution in [0.2, 0.25) is 0 Å². The van der Waals surface area contributed by atoms with E-state index in [-0.39, 0.29) is 5.69 Å². The van der Waals surface area contributed by atoms with Gasteiger partial charge in [-0.3, -0.25) is 4.99 Å². The van der Waals surface area contributed by atoms with Crippen molar-refractivity contribution in [1.29, 1.82) is 5.41 Å². The molecular formula is C18H17BrF2N4O2. The van der Waals surface area contributed by atoms with Crippen molar-refractivity contribution < 1.29 is 18.3 Å². The number of nitrogens with one attached hydrogen (secondary N) is 3. The summed E-state index contributed by atoms with van der Waals surface area (Å²) in [6.07, 6.45) is 1.17. The molecule has 0 spiro atoms. The van der Waals surface area contributed by atoms with Crippen molar-refractivity contribution >= 4 is 45.3 Å². The van der Waals surface area contributed by atoms with E-state index in [1.807, 2.05) is 0 Å². The third kappa shape index (κ3) is 5.10. The number of urea groups is 1. The minimum absolute atomic E-state index is 0.150. The summed E-state index contributed by atoms with van der Waals surface area (Å²) in [4.78, 5) is 15.9. The molecule has 2 rings (SSSR count). The van der Waals surface area contributed by atoms with Crippen LogP contribution in [0.5, 0.6) is 5.75 Å². The second-order valence-electron chi connectivity index (χ2n) is 5.30. The number of carbonyl (C=O) groups is 1. The van der Waals surface area contributed by atoms with Crippen molar-refractivity contribution in [1.82, 2.24) is 0 Å². The largest absolute Gasteiger partial charge is 0.496 e. The second-order valence-corrected chi connectivity index (χ2v) is 6.28. The number of ether oxygens (including phenoxy) is 1. The molecule has 0 bridgehead atoms. The van der Waals surface area contributed by atoms with E-state index in [0.717, 1.165) is 12.1 Å². The minimum atomic E-state index is -0.880. The minimum Gasteiger partial charge on any atom is -0.496 e. The molecule has 3 N–H and O–H groups in total. The van der Waals surface area contributed by atoms with Crippen molar-refractivity contribution in [3.05, 3.63) is 53.6 Å². The molecule has 0 radical (unpaired) electrons. The average molecular weight is 439 g/mol. The number of carbonyl (C=O) groups excluding carboxylic acids is 1. The monoisotopic (exact) mass is 438 g/mol. The normalized spacial score (nSPS) is 12.3. The summed E-state index contributed by atoms with van der Waals surface area (Å²) >= 11 is 3.34. The molecule has 0 aliphatic rings. The Balaban J connectivity index is 2.24. The molecule has 2 aromatic carbocycles. The molecule has 0 aliphatic carbocycles. The Labute approximate surface area is 163 Å². The summed E-state index contributed by atoms with van der Waals surface area (Å²) in [5, 5.41) is 12.3. The third-order valence-electron chi connectivity index (χ3n) is 3.56. The van der Waals surface area contributed by atoms with Crippen LogP contribution in [0.3, 0.4) is 0 Å². The van der Waals surface area contributed by atoms with Crippen LogP contribution in [0, 0.1) is 17.0 Å². The van der Waals surface area contributed by atoms with Crippen molar-refractivity contribution in [2.45, 2.75) is 4.83 Å². The van der Waals surface area contributed by atoms with Crippen LogP contribution in [0.25, 0.3) is 0 Å². The fourth-order valence-electron chi connectivity index (χ4n) is 2.33. The van der Waals surface area contributed by atoms with E-state index in [2.05, 4.69) is 31.6 Å². The van der Waals surface area contributed by atoms with E-state index in [1.54, 1.807) is 25.2 Å². The topological polar surface area (TPSA) is 86.6 Å². The van der Waals surface area contributed by atoms with Crippen LogP contribution in [0.1, 0.15) is 5.56 Å². The number of anilines is 2. The predicted octanol–water partition coefficient (Wildman–Crippen LogP) is 4.45. The Morgan fingerprint density at radius 1 is 1.26 bits per heavy atom. The number of halogens is 3. The number of benzene rings is 2. The maximum absolute atomic E-state index is 13.7. The lowest BCUT2D eigenvalue weighted by Crippen LogP contribution is -2.21. The van der Waals surface area contributed by atoms with Crippen molar-refractivity contribution in [2.24, 2.45) is 4.99 Å². The lowest BCUT2D eigenvalue weighted by molar-refractivity contribution is 0.262. The number of rotatable bonds is 6. The first kappa shape index (κ1) is 20.5. The number of amides is 2. The van der Waals surface area contributed by atoms with Crippen LogP contribution in [-0.2, 0) is 0 Å². The Bertz CT molecular complexity index is 890. The quantitative estimate of drug-likeness (QED) is 0.459. The molecule has 0 fully saturated rings. The summed E-state index contributed by atoms with van der Waals surface area (Å²) in [5.41, 5.74) is 1.37. The van der Waals surface area contributed by atoms with Gasteiger partial charge in [0.05, 0.1) is 23.3 Å². The van der Waals surface area contributed by atoms with E-state index in [1.165, 1.54) is 13.3 Å². The van der Waals surface area contributed by atoms with Gasteiger partial charge >= 0.3 is 6.03 Å². The fourth-order valence-corrected chi connectivity index (χ4v) is 2.78. The van der Waals surface area contributed by atoms with Crippen LogP contribution in [-0.4, -0.2) is 36.9 Å². The van der Waals surface area contributed by atoms with Crippen LogP contribution in [0.15, 0.2) is 41.4 Å². The molecule has 142 valence electrons. The summed E-state index contributed by atoms with van der Waals surface area (Å²) in [7, 11) is 3.08. The molecule has 0 saturated heterocycles. The SMILES string of the molecule is CN=C(c1cc(NC(=O)Nc2ccc(F)cc2F)ccc1OC)C(Br)C=N. The zero-order valence-electron chi connectivity index (χ0n) is 14.5. The molecule has 0 heterocycles. The van der Waals surface area contributed by atoms with Crippen LogP contribution >= 0.6 is 15.9 Å². The zero-order valence-corrected chi connectivity index (χ0v) is 16.1. The lowest BCUT2D eigenvalue weighted by Gasteiger charge is -2.15. The fraction of sp³-hybridized carbons (Fsp3) is 0.167. The van der Waals surface area contributed by atoms with Crippen molar-refractivity contribution in [3.8, 4) is 5.75 Å². The maximum Gasteiger partial charge on any atom is 0.323 e. The second kappa shape index (κ2) is 9.22. The Kier molecular flexibility index (Phi) is 7.00. The van der Waals surface area contributed by atoms with E-state index in [0.29, 0.717) is 28.8 Å². The van der Waals surface area contributed by atoms with Gasteiger partial charge < -0.3 is 20.8 Å². The molecule has 1 atom stereocenters. The summed E-state index contributed by atoms with van der Waals surface area (Å²) in [6.45, 7) is 0. The summed E-state index contributed by atoms with van der Waals surface area (Å²) < 4.78 is 31.9. The number of aliphatic imine (C=N–C) groups is 1. The standard InChI is InChI=1S/C18H17BrF2N4O2/c1-23-17(13(19)9-22)12-8-11(4-6-16(12)27-2)24-18(26)25-15-5-3-10(20)7-14(15)21/h3-9,13,22H,1-2H3,(H2,24,25,26). The van der Waals surface area contributed by atoms with Gasteiger partial charge in [0.25, 0.3) is 0 Å². The van der Waals surface area contributed by atoms with Gasteiger partial charge in [-0.05, 0) is 30.3 Å². The van der Waals surface area contributed by atoms with E-state index in [4.69, 9.17) is 10.1 Å². The smallest absolute Gasteiger partial charge is 0.323 e. The molecular weight excluding hydrogens is 422 g/mol. The molecule has 0 aromatic heterocycles. The number of alkyl halides is 1.